The quantitative estimate of drug-likeness (QED) is 0.158. The van der Waals surface area contributed by atoms with Gasteiger partial charge in [0, 0.05) is 26.0 Å². The van der Waals surface area contributed by atoms with Gasteiger partial charge in [-0.05, 0) is 23.1 Å². The number of aromatic nitrogens is 4. The zero-order valence-electron chi connectivity index (χ0n) is 20.7. The molecule has 0 saturated carbocycles. The highest BCUT2D eigenvalue weighted by Crippen LogP contribution is 2.25. The molecule has 4 rings (SSSR count). The summed E-state index contributed by atoms with van der Waals surface area (Å²) in [5.41, 5.74) is 4.04. The van der Waals surface area contributed by atoms with Crippen molar-refractivity contribution in [1.82, 2.24) is 25.1 Å². The summed E-state index contributed by atoms with van der Waals surface area (Å²) >= 11 is 1.63. The molecule has 0 aliphatic rings. The summed E-state index contributed by atoms with van der Waals surface area (Å²) < 4.78 is 6.97. The Morgan fingerprint density at radius 3 is 2.56 bits per heavy atom. The van der Waals surface area contributed by atoms with Crippen LogP contribution in [0.1, 0.15) is 18.9 Å². The highest BCUT2D eigenvalue weighted by atomic mass is 32.2. The topological polar surface area (TPSA) is 94.0 Å². The molecule has 2 aromatic carbocycles. The molecule has 0 radical (unpaired) electrons. The predicted octanol–water partition coefficient (Wildman–Crippen LogP) is 4.41. The van der Waals surface area contributed by atoms with Gasteiger partial charge in [-0.25, -0.2) is 14.6 Å². The molecular weight excluding hydrogens is 472 g/mol. The third kappa shape index (κ3) is 6.83. The second kappa shape index (κ2) is 13.0. The Morgan fingerprint density at radius 2 is 1.81 bits per heavy atom. The van der Waals surface area contributed by atoms with E-state index in [0.29, 0.717) is 37.8 Å². The number of rotatable bonds is 13. The summed E-state index contributed by atoms with van der Waals surface area (Å²) in [6.45, 7) is 4.35. The molecule has 0 unspecified atom stereocenters. The second-order valence-corrected chi connectivity index (χ2v) is 9.38. The number of carbonyl (C=O) groups excluding carboxylic acids is 1. The number of hydrogen-bond donors (Lipinski definition) is 2. The maximum Gasteiger partial charge on any atom is 0.224 e. The van der Waals surface area contributed by atoms with Gasteiger partial charge < -0.3 is 15.4 Å². The van der Waals surface area contributed by atoms with Crippen LogP contribution < -0.4 is 10.6 Å². The van der Waals surface area contributed by atoms with Gasteiger partial charge >= 0.3 is 0 Å². The number of nitrogens with one attached hydrogen (secondary N) is 2. The van der Waals surface area contributed by atoms with E-state index in [0.717, 1.165) is 45.7 Å². The average Bonchev–Trinajstić information content (AvgIpc) is 3.31. The van der Waals surface area contributed by atoms with Crippen LogP contribution in [0, 0.1) is 0 Å². The van der Waals surface area contributed by atoms with Crippen molar-refractivity contribution in [2.45, 2.75) is 31.5 Å². The first-order chi connectivity index (χ1) is 17.7. The molecule has 2 N–H and O–H groups in total. The molecule has 0 atom stereocenters. The van der Waals surface area contributed by atoms with Crippen LogP contribution in [0.2, 0.25) is 0 Å². The third-order valence-corrected chi connectivity index (χ3v) is 6.63. The zero-order chi connectivity index (χ0) is 25.2. The monoisotopic (exact) mass is 504 g/mol. The van der Waals surface area contributed by atoms with E-state index in [1.807, 2.05) is 35.0 Å². The Kier molecular flexibility index (Phi) is 9.29. The highest BCUT2D eigenvalue weighted by molar-refractivity contribution is 7.99. The molecule has 36 heavy (non-hydrogen) atoms. The lowest BCUT2D eigenvalue weighted by molar-refractivity contribution is -0.120. The number of thioether (sulfide) groups is 1. The molecule has 1 amide bonds. The average molecular weight is 505 g/mol. The minimum absolute atomic E-state index is 0.0188. The standard InChI is InChI=1S/C27H32N6O2S/c1-3-17-36-27-31-25(29-14-16-35-2)23-19-30-33(26(23)32-27)15-13-28-24(34)18-20-9-11-22(12-10-20)21-7-5-4-6-8-21/h4-12,19H,3,13-18H2,1-2H3,(H,28,34)(H,29,31,32). The molecule has 0 spiro atoms. The number of ether oxygens (including phenoxy) is 1. The van der Waals surface area contributed by atoms with Gasteiger partial charge in [-0.1, -0.05) is 73.3 Å². The van der Waals surface area contributed by atoms with Gasteiger partial charge in [-0.3, -0.25) is 4.79 Å². The van der Waals surface area contributed by atoms with Crippen molar-refractivity contribution < 1.29 is 9.53 Å². The van der Waals surface area contributed by atoms with E-state index in [1.165, 1.54) is 0 Å². The fourth-order valence-electron chi connectivity index (χ4n) is 3.76. The molecule has 0 aliphatic carbocycles. The summed E-state index contributed by atoms with van der Waals surface area (Å²) in [7, 11) is 1.67. The van der Waals surface area contributed by atoms with Gasteiger partial charge in [0.15, 0.2) is 10.8 Å². The number of amides is 1. The summed E-state index contributed by atoms with van der Waals surface area (Å²) in [5, 5.41) is 12.4. The van der Waals surface area contributed by atoms with Crippen LogP contribution in [0.5, 0.6) is 0 Å². The minimum atomic E-state index is -0.0188. The lowest BCUT2D eigenvalue weighted by atomic mass is 10.0. The van der Waals surface area contributed by atoms with E-state index >= 15 is 0 Å². The molecule has 0 saturated heterocycles. The molecule has 4 aromatic rings. The molecule has 9 heteroatoms. The number of fused-ring (bicyclic) bond motifs is 1. The lowest BCUT2D eigenvalue weighted by Gasteiger charge is -2.10. The molecule has 0 fully saturated rings. The van der Waals surface area contributed by atoms with E-state index in [-0.39, 0.29) is 5.91 Å². The molecule has 2 heterocycles. The van der Waals surface area contributed by atoms with Crippen LogP contribution in [0.25, 0.3) is 22.2 Å². The first-order valence-corrected chi connectivity index (χ1v) is 13.2. The van der Waals surface area contributed by atoms with Crippen molar-refractivity contribution in [2.24, 2.45) is 0 Å². The number of carbonyl (C=O) groups is 1. The highest BCUT2D eigenvalue weighted by Gasteiger charge is 2.13. The van der Waals surface area contributed by atoms with Crippen molar-refractivity contribution >= 4 is 34.5 Å². The number of methoxy groups -OCH3 is 1. The predicted molar refractivity (Wildman–Crippen MR) is 145 cm³/mol. The van der Waals surface area contributed by atoms with Crippen LogP contribution in [-0.2, 0) is 22.5 Å². The molecular formula is C27H32N6O2S. The minimum Gasteiger partial charge on any atom is -0.383 e. The third-order valence-electron chi connectivity index (χ3n) is 5.58. The first-order valence-electron chi connectivity index (χ1n) is 12.2. The van der Waals surface area contributed by atoms with E-state index in [4.69, 9.17) is 9.72 Å². The summed E-state index contributed by atoms with van der Waals surface area (Å²) in [4.78, 5) is 21.9. The van der Waals surface area contributed by atoms with Gasteiger partial charge in [0.05, 0.1) is 31.2 Å². The number of anilines is 1. The van der Waals surface area contributed by atoms with Crippen molar-refractivity contribution in [3.63, 3.8) is 0 Å². The smallest absolute Gasteiger partial charge is 0.224 e. The van der Waals surface area contributed by atoms with Gasteiger partial charge in [-0.15, -0.1) is 0 Å². The van der Waals surface area contributed by atoms with Crippen molar-refractivity contribution in [3.8, 4) is 11.1 Å². The van der Waals surface area contributed by atoms with Crippen molar-refractivity contribution in [2.75, 3.05) is 37.9 Å². The maximum absolute atomic E-state index is 12.5. The van der Waals surface area contributed by atoms with E-state index < -0.39 is 0 Å². The maximum atomic E-state index is 12.5. The number of benzene rings is 2. The summed E-state index contributed by atoms with van der Waals surface area (Å²) in [6, 6.07) is 18.3. The van der Waals surface area contributed by atoms with Crippen LogP contribution in [0.3, 0.4) is 0 Å². The largest absolute Gasteiger partial charge is 0.383 e. The van der Waals surface area contributed by atoms with Crippen LogP contribution in [0.15, 0.2) is 66.0 Å². The number of nitrogens with zero attached hydrogens (tertiary/aromatic N) is 4. The summed E-state index contributed by atoms with van der Waals surface area (Å²) in [6.07, 6.45) is 3.15. The molecule has 2 aromatic heterocycles. The van der Waals surface area contributed by atoms with Crippen LogP contribution in [-0.4, -0.2) is 58.2 Å². The van der Waals surface area contributed by atoms with Crippen LogP contribution >= 0.6 is 11.8 Å². The molecule has 8 nitrogen and oxygen atoms in total. The van der Waals surface area contributed by atoms with E-state index in [9.17, 15) is 4.79 Å². The molecule has 188 valence electrons. The fourth-order valence-corrected chi connectivity index (χ4v) is 4.45. The second-order valence-electron chi connectivity index (χ2n) is 8.32. The van der Waals surface area contributed by atoms with Gasteiger partial charge in [0.1, 0.15) is 5.82 Å². The fraction of sp³-hybridized carbons (Fsp3) is 0.333. The van der Waals surface area contributed by atoms with Gasteiger partial charge in [0.25, 0.3) is 0 Å². The molecule has 0 aliphatic heterocycles. The Balaban J connectivity index is 1.36. The Hall–Kier alpha value is -3.43. The number of hydrogen-bond acceptors (Lipinski definition) is 7. The molecule has 0 bridgehead atoms. The SMILES string of the molecule is CCCSc1nc(NCCOC)c2cnn(CCNC(=O)Cc3ccc(-c4ccccc4)cc3)c2n1. The van der Waals surface area contributed by atoms with Gasteiger partial charge in [-0.2, -0.15) is 5.10 Å². The van der Waals surface area contributed by atoms with E-state index in [2.05, 4.69) is 51.9 Å². The van der Waals surface area contributed by atoms with E-state index in [1.54, 1.807) is 25.1 Å². The Bertz CT molecular complexity index is 1260. The van der Waals surface area contributed by atoms with Gasteiger partial charge in [0.2, 0.25) is 5.91 Å². The van der Waals surface area contributed by atoms with Crippen LogP contribution in [0.4, 0.5) is 5.82 Å². The van der Waals surface area contributed by atoms with Crippen molar-refractivity contribution in [3.05, 3.63) is 66.4 Å². The Labute approximate surface area is 215 Å². The lowest BCUT2D eigenvalue weighted by Crippen LogP contribution is -2.28. The van der Waals surface area contributed by atoms with Crippen molar-refractivity contribution in [1.29, 1.82) is 0 Å². The first kappa shape index (κ1) is 25.7. The summed E-state index contributed by atoms with van der Waals surface area (Å²) in [5.74, 6) is 1.68. The normalized spacial score (nSPS) is 11.1. The Morgan fingerprint density at radius 1 is 1.03 bits per heavy atom. The zero-order valence-corrected chi connectivity index (χ0v) is 21.6.